The molecule has 162 valence electrons. The molecule has 0 spiro atoms. The van der Waals surface area contributed by atoms with Crippen LogP contribution in [0.15, 0.2) is 71.8 Å². The first kappa shape index (κ1) is 20.6. The molecule has 2 aromatic carbocycles. The summed E-state index contributed by atoms with van der Waals surface area (Å²) >= 11 is 1.45. The molecule has 7 heteroatoms. The van der Waals surface area contributed by atoms with E-state index in [9.17, 15) is 14.0 Å². The molecule has 1 saturated carbocycles. The van der Waals surface area contributed by atoms with Gasteiger partial charge >= 0.3 is 0 Å². The molecule has 0 unspecified atom stereocenters. The minimum absolute atomic E-state index is 0.0642. The van der Waals surface area contributed by atoms with Crippen LogP contribution in [0.1, 0.15) is 39.2 Å². The van der Waals surface area contributed by atoms with E-state index in [-0.39, 0.29) is 22.8 Å². The van der Waals surface area contributed by atoms with E-state index in [4.69, 9.17) is 0 Å². The highest BCUT2D eigenvalue weighted by Gasteiger charge is 2.29. The number of thiazole rings is 1. The summed E-state index contributed by atoms with van der Waals surface area (Å²) in [5, 5.41) is 0. The Morgan fingerprint density at radius 3 is 2.56 bits per heavy atom. The predicted molar refractivity (Wildman–Crippen MR) is 122 cm³/mol. The molecule has 5 rings (SSSR count). The number of nitrogens with zero attached hydrogens (tertiary/aromatic N) is 3. The van der Waals surface area contributed by atoms with Gasteiger partial charge in [0, 0.05) is 36.8 Å². The van der Waals surface area contributed by atoms with Gasteiger partial charge < -0.3 is 4.90 Å². The first-order chi connectivity index (χ1) is 15.6. The van der Waals surface area contributed by atoms with E-state index >= 15 is 0 Å². The maximum atomic E-state index is 13.3. The van der Waals surface area contributed by atoms with Gasteiger partial charge in [0.15, 0.2) is 4.96 Å². The van der Waals surface area contributed by atoms with Crippen molar-refractivity contribution < 1.29 is 9.18 Å². The molecule has 32 heavy (non-hydrogen) atoms. The van der Waals surface area contributed by atoms with Gasteiger partial charge in [0.2, 0.25) is 0 Å². The fraction of sp³-hybridized carbons (Fsp3) is 0.240. The molecular weight excluding hydrogens is 425 g/mol. The van der Waals surface area contributed by atoms with E-state index in [1.807, 2.05) is 30.3 Å². The van der Waals surface area contributed by atoms with Gasteiger partial charge in [-0.3, -0.25) is 14.0 Å². The normalized spacial score (nSPS) is 13.4. The van der Waals surface area contributed by atoms with Gasteiger partial charge in [-0.25, -0.2) is 9.37 Å². The lowest BCUT2D eigenvalue weighted by Gasteiger charge is -2.22. The summed E-state index contributed by atoms with van der Waals surface area (Å²) in [6.07, 6.45) is 6.04. The van der Waals surface area contributed by atoms with Crippen molar-refractivity contribution >= 4 is 22.2 Å². The summed E-state index contributed by atoms with van der Waals surface area (Å²) in [5.41, 5.74) is 1.69. The molecule has 1 aliphatic carbocycles. The lowest BCUT2D eigenvalue weighted by Crippen LogP contribution is -2.36. The molecule has 0 aliphatic heterocycles. The van der Waals surface area contributed by atoms with Crippen LogP contribution in [-0.4, -0.2) is 26.7 Å². The van der Waals surface area contributed by atoms with Crippen molar-refractivity contribution in [1.29, 1.82) is 0 Å². The average Bonchev–Trinajstić information content (AvgIpc) is 3.52. The third-order valence-electron chi connectivity index (χ3n) is 5.66. The van der Waals surface area contributed by atoms with E-state index in [2.05, 4.69) is 4.98 Å². The van der Waals surface area contributed by atoms with Crippen molar-refractivity contribution in [3.63, 3.8) is 0 Å². The Morgan fingerprint density at radius 2 is 1.84 bits per heavy atom. The van der Waals surface area contributed by atoms with Crippen molar-refractivity contribution in [1.82, 2.24) is 14.3 Å². The Bertz CT molecular complexity index is 1310. The molecule has 2 heterocycles. The van der Waals surface area contributed by atoms with Crippen LogP contribution < -0.4 is 5.56 Å². The molecule has 4 aromatic rings. The quantitative estimate of drug-likeness (QED) is 0.418. The smallest absolute Gasteiger partial charge is 0.271 e. The number of carbonyl (C=O) groups excluding carboxylic acids is 1. The van der Waals surface area contributed by atoms with Crippen molar-refractivity contribution in [3.05, 3.63) is 105 Å². The topological polar surface area (TPSA) is 54.7 Å². The standard InChI is InChI=1S/C25H22FN3O2S/c26-20-10-8-19(9-11-20)15-28(14-18-6-7-18)23(30)22-13-27-25-29(24(22)31)16-21(32-25)12-17-4-2-1-3-5-17/h1-5,8-11,13,16,18H,6-7,12,14-15H2. The Hall–Kier alpha value is -3.32. The number of halogens is 1. The van der Waals surface area contributed by atoms with Gasteiger partial charge in [0.25, 0.3) is 11.5 Å². The molecule has 0 saturated heterocycles. The van der Waals surface area contributed by atoms with Crippen LogP contribution >= 0.6 is 11.3 Å². The Labute approximate surface area is 188 Å². The number of hydrogen-bond donors (Lipinski definition) is 0. The maximum Gasteiger partial charge on any atom is 0.271 e. The molecule has 2 aromatic heterocycles. The Balaban J connectivity index is 1.43. The van der Waals surface area contributed by atoms with E-state index in [1.165, 1.54) is 34.1 Å². The second kappa shape index (κ2) is 8.67. The lowest BCUT2D eigenvalue weighted by atomic mass is 10.1. The van der Waals surface area contributed by atoms with Crippen LogP contribution in [0.25, 0.3) is 4.96 Å². The molecule has 1 fully saturated rings. The van der Waals surface area contributed by atoms with Crippen molar-refractivity contribution in [2.24, 2.45) is 5.92 Å². The van der Waals surface area contributed by atoms with E-state index in [0.29, 0.717) is 30.4 Å². The van der Waals surface area contributed by atoms with Crippen molar-refractivity contribution in [2.45, 2.75) is 25.8 Å². The number of carbonyl (C=O) groups is 1. The van der Waals surface area contributed by atoms with E-state index in [1.54, 1.807) is 23.2 Å². The molecule has 5 nitrogen and oxygen atoms in total. The number of amides is 1. The van der Waals surface area contributed by atoms with Gasteiger partial charge in [0.1, 0.15) is 11.4 Å². The maximum absolute atomic E-state index is 13.3. The van der Waals surface area contributed by atoms with Gasteiger partial charge in [-0.05, 0) is 42.0 Å². The molecule has 0 N–H and O–H groups in total. The van der Waals surface area contributed by atoms with Crippen LogP contribution in [0.2, 0.25) is 0 Å². The summed E-state index contributed by atoms with van der Waals surface area (Å²) in [5.74, 6) is -0.188. The van der Waals surface area contributed by atoms with Crippen LogP contribution in [0.4, 0.5) is 4.39 Å². The number of benzene rings is 2. The highest BCUT2D eigenvalue weighted by atomic mass is 32.1. The zero-order valence-corrected chi connectivity index (χ0v) is 18.2. The summed E-state index contributed by atoms with van der Waals surface area (Å²) in [6.45, 7) is 0.919. The fourth-order valence-electron chi connectivity index (χ4n) is 3.77. The van der Waals surface area contributed by atoms with Gasteiger partial charge in [-0.1, -0.05) is 42.5 Å². The summed E-state index contributed by atoms with van der Waals surface area (Å²) in [7, 11) is 0. The zero-order chi connectivity index (χ0) is 22.1. The largest absolute Gasteiger partial charge is 0.334 e. The third-order valence-corrected chi connectivity index (χ3v) is 6.65. The number of aromatic nitrogens is 2. The monoisotopic (exact) mass is 447 g/mol. The highest BCUT2D eigenvalue weighted by molar-refractivity contribution is 7.17. The van der Waals surface area contributed by atoms with Gasteiger partial charge in [-0.2, -0.15) is 0 Å². The summed E-state index contributed by atoms with van der Waals surface area (Å²) in [6, 6.07) is 16.1. The molecule has 0 atom stereocenters. The Morgan fingerprint density at radius 1 is 1.09 bits per heavy atom. The number of rotatable bonds is 7. The van der Waals surface area contributed by atoms with Crippen molar-refractivity contribution in [3.8, 4) is 0 Å². The number of fused-ring (bicyclic) bond motifs is 1. The van der Waals surface area contributed by atoms with E-state index < -0.39 is 0 Å². The van der Waals surface area contributed by atoms with Crippen LogP contribution in [0.5, 0.6) is 0 Å². The van der Waals surface area contributed by atoms with Crippen molar-refractivity contribution in [2.75, 3.05) is 6.54 Å². The molecular formula is C25H22FN3O2S. The average molecular weight is 448 g/mol. The number of hydrogen-bond acceptors (Lipinski definition) is 4. The molecule has 1 amide bonds. The zero-order valence-electron chi connectivity index (χ0n) is 17.4. The predicted octanol–water partition coefficient (Wildman–Crippen LogP) is 4.54. The van der Waals surface area contributed by atoms with Crippen LogP contribution in [0.3, 0.4) is 0 Å². The second-order valence-electron chi connectivity index (χ2n) is 8.24. The lowest BCUT2D eigenvalue weighted by molar-refractivity contribution is 0.0732. The van der Waals surface area contributed by atoms with E-state index in [0.717, 1.165) is 28.8 Å². The third kappa shape index (κ3) is 4.48. The molecule has 1 aliphatic rings. The first-order valence-electron chi connectivity index (χ1n) is 10.6. The Kier molecular flexibility index (Phi) is 5.57. The van der Waals surface area contributed by atoms with Gasteiger partial charge in [0.05, 0.1) is 0 Å². The minimum atomic E-state index is -0.351. The summed E-state index contributed by atoms with van der Waals surface area (Å²) < 4.78 is 14.8. The molecule has 0 radical (unpaired) electrons. The fourth-order valence-corrected chi connectivity index (χ4v) is 4.74. The van der Waals surface area contributed by atoms with Crippen LogP contribution in [-0.2, 0) is 13.0 Å². The second-order valence-corrected chi connectivity index (χ2v) is 9.34. The first-order valence-corrected chi connectivity index (χ1v) is 11.5. The molecule has 0 bridgehead atoms. The SMILES string of the molecule is O=C(c1cnc2sc(Cc3ccccc3)cn2c1=O)N(Cc1ccc(F)cc1)CC1CC1. The van der Waals surface area contributed by atoms with Gasteiger partial charge in [-0.15, -0.1) is 11.3 Å². The summed E-state index contributed by atoms with van der Waals surface area (Å²) in [4.78, 5) is 34.2. The minimum Gasteiger partial charge on any atom is -0.334 e. The highest BCUT2D eigenvalue weighted by Crippen LogP contribution is 2.30. The van der Waals surface area contributed by atoms with Crippen LogP contribution in [0, 0.1) is 11.7 Å².